The zero-order valence-corrected chi connectivity index (χ0v) is 14.5. The molecule has 1 aromatic carbocycles. The highest BCUT2D eigenvalue weighted by Crippen LogP contribution is 2.28. The average Bonchev–Trinajstić information content (AvgIpc) is 2.64. The summed E-state index contributed by atoms with van der Waals surface area (Å²) in [6.45, 7) is 5.52. The van der Waals surface area contributed by atoms with E-state index >= 15 is 0 Å². The van der Waals surface area contributed by atoms with Gasteiger partial charge in [-0.1, -0.05) is 43.7 Å². The number of anilines is 1. The molecule has 1 aliphatic heterocycles. The Bertz CT molecular complexity index is 708. The molecular formula is C19H24N4O2. The molecule has 1 aromatic heterocycles. The van der Waals surface area contributed by atoms with Crippen LogP contribution in [0.15, 0.2) is 48.7 Å². The van der Waals surface area contributed by atoms with Crippen molar-refractivity contribution in [1.29, 1.82) is 0 Å². The van der Waals surface area contributed by atoms with Crippen molar-refractivity contribution in [3.8, 4) is 0 Å². The van der Waals surface area contributed by atoms with Crippen LogP contribution in [0.25, 0.3) is 0 Å². The first-order valence-corrected chi connectivity index (χ1v) is 8.81. The van der Waals surface area contributed by atoms with Gasteiger partial charge >= 0.3 is 5.69 Å². The standard InChI is InChI=1S/C19H24N4O2/c1-2-7-17-15-22(19-18(23(24)25)10-6-11-20-19)13-12-21(17)14-16-8-4-3-5-9-16/h3-6,8-11,17H,2,7,12-15H2,1H3. The number of hydrogen-bond donors (Lipinski definition) is 0. The number of nitro groups is 1. The molecule has 1 unspecified atom stereocenters. The van der Waals surface area contributed by atoms with Crippen LogP contribution in [0.5, 0.6) is 0 Å². The van der Waals surface area contributed by atoms with E-state index in [0.29, 0.717) is 11.9 Å². The van der Waals surface area contributed by atoms with Crippen molar-refractivity contribution in [1.82, 2.24) is 9.88 Å². The van der Waals surface area contributed by atoms with Gasteiger partial charge in [0.25, 0.3) is 0 Å². The van der Waals surface area contributed by atoms with Gasteiger partial charge in [0.15, 0.2) is 0 Å². The van der Waals surface area contributed by atoms with Crippen molar-refractivity contribution in [3.05, 3.63) is 64.3 Å². The molecule has 0 bridgehead atoms. The van der Waals surface area contributed by atoms with Crippen molar-refractivity contribution < 1.29 is 4.92 Å². The minimum Gasteiger partial charge on any atom is -0.348 e. The van der Waals surface area contributed by atoms with Crippen LogP contribution in [0, 0.1) is 10.1 Å². The van der Waals surface area contributed by atoms with Crippen LogP contribution in [-0.4, -0.2) is 40.5 Å². The van der Waals surface area contributed by atoms with Gasteiger partial charge in [0.05, 0.1) is 4.92 Å². The Morgan fingerprint density at radius 3 is 2.72 bits per heavy atom. The summed E-state index contributed by atoms with van der Waals surface area (Å²) in [4.78, 5) is 19.8. The first-order valence-electron chi connectivity index (χ1n) is 8.81. The van der Waals surface area contributed by atoms with Gasteiger partial charge in [-0.3, -0.25) is 15.0 Å². The summed E-state index contributed by atoms with van der Waals surface area (Å²) >= 11 is 0. The lowest BCUT2D eigenvalue weighted by Gasteiger charge is -2.41. The van der Waals surface area contributed by atoms with Gasteiger partial charge in [-0.2, -0.15) is 0 Å². The molecule has 0 radical (unpaired) electrons. The lowest BCUT2D eigenvalue weighted by atomic mass is 10.0. The third-order valence-corrected chi connectivity index (χ3v) is 4.72. The first kappa shape index (κ1) is 17.4. The van der Waals surface area contributed by atoms with Crippen LogP contribution in [0.4, 0.5) is 11.5 Å². The van der Waals surface area contributed by atoms with E-state index in [2.05, 4.69) is 46.0 Å². The van der Waals surface area contributed by atoms with Crippen LogP contribution < -0.4 is 4.90 Å². The summed E-state index contributed by atoms with van der Waals surface area (Å²) in [7, 11) is 0. The maximum atomic E-state index is 11.3. The Morgan fingerprint density at radius 2 is 2.00 bits per heavy atom. The number of hydrogen-bond acceptors (Lipinski definition) is 5. The maximum absolute atomic E-state index is 11.3. The largest absolute Gasteiger partial charge is 0.348 e. The van der Waals surface area contributed by atoms with Gasteiger partial charge in [0, 0.05) is 44.5 Å². The molecule has 6 nitrogen and oxygen atoms in total. The van der Waals surface area contributed by atoms with E-state index in [1.54, 1.807) is 12.3 Å². The third-order valence-electron chi connectivity index (χ3n) is 4.72. The second kappa shape index (κ2) is 8.07. The first-order chi connectivity index (χ1) is 12.2. The summed E-state index contributed by atoms with van der Waals surface area (Å²) in [5.74, 6) is 0.493. The fraction of sp³-hybridized carbons (Fsp3) is 0.421. The Hall–Kier alpha value is -2.47. The van der Waals surface area contributed by atoms with Gasteiger partial charge in [0.2, 0.25) is 5.82 Å². The van der Waals surface area contributed by atoms with Crippen LogP contribution in [0.1, 0.15) is 25.3 Å². The highest BCUT2D eigenvalue weighted by atomic mass is 16.6. The van der Waals surface area contributed by atoms with Crippen molar-refractivity contribution >= 4 is 11.5 Å². The van der Waals surface area contributed by atoms with Crippen molar-refractivity contribution in [2.45, 2.75) is 32.4 Å². The van der Waals surface area contributed by atoms with Gasteiger partial charge in [-0.25, -0.2) is 4.98 Å². The number of aromatic nitrogens is 1. The Kier molecular flexibility index (Phi) is 5.60. The summed E-state index contributed by atoms with van der Waals surface area (Å²) < 4.78 is 0. The molecule has 3 rings (SSSR count). The second-order valence-corrected chi connectivity index (χ2v) is 6.45. The maximum Gasteiger partial charge on any atom is 0.311 e. The fourth-order valence-electron chi connectivity index (χ4n) is 3.49. The molecule has 1 aliphatic rings. The molecule has 2 heterocycles. The lowest BCUT2D eigenvalue weighted by molar-refractivity contribution is -0.384. The average molecular weight is 340 g/mol. The van der Waals surface area contributed by atoms with Crippen LogP contribution in [0.3, 0.4) is 0 Å². The topological polar surface area (TPSA) is 62.5 Å². The number of piperazine rings is 1. The quantitative estimate of drug-likeness (QED) is 0.595. The zero-order chi connectivity index (χ0) is 17.6. The fourth-order valence-corrected chi connectivity index (χ4v) is 3.49. The van der Waals surface area contributed by atoms with Crippen LogP contribution in [0.2, 0.25) is 0 Å². The van der Waals surface area contributed by atoms with E-state index in [4.69, 9.17) is 0 Å². The zero-order valence-electron chi connectivity index (χ0n) is 14.5. The molecule has 0 saturated carbocycles. The summed E-state index contributed by atoms with van der Waals surface area (Å²) in [5, 5.41) is 11.3. The molecular weight excluding hydrogens is 316 g/mol. The third kappa shape index (κ3) is 4.14. The highest BCUT2D eigenvalue weighted by molar-refractivity contribution is 5.57. The van der Waals surface area contributed by atoms with E-state index in [1.807, 2.05) is 6.07 Å². The Balaban J connectivity index is 1.76. The number of nitrogens with zero attached hydrogens (tertiary/aromatic N) is 4. The molecule has 0 N–H and O–H groups in total. The Labute approximate surface area is 148 Å². The predicted octanol–water partition coefficient (Wildman–Crippen LogP) is 3.48. The molecule has 0 spiro atoms. The van der Waals surface area contributed by atoms with Crippen molar-refractivity contribution in [2.24, 2.45) is 0 Å². The molecule has 1 atom stereocenters. The predicted molar refractivity (Wildman–Crippen MR) is 98.7 cm³/mol. The number of benzene rings is 1. The molecule has 25 heavy (non-hydrogen) atoms. The lowest BCUT2D eigenvalue weighted by Crippen LogP contribution is -2.53. The van der Waals surface area contributed by atoms with E-state index in [1.165, 1.54) is 11.6 Å². The smallest absolute Gasteiger partial charge is 0.311 e. The Morgan fingerprint density at radius 1 is 1.20 bits per heavy atom. The van der Waals surface area contributed by atoms with Gasteiger partial charge < -0.3 is 4.90 Å². The van der Waals surface area contributed by atoms with E-state index in [-0.39, 0.29) is 10.6 Å². The summed E-state index contributed by atoms with van der Waals surface area (Å²) in [6, 6.07) is 14.0. The number of pyridine rings is 1. The molecule has 1 fully saturated rings. The minimum atomic E-state index is -0.340. The summed E-state index contributed by atoms with van der Waals surface area (Å²) in [6.07, 6.45) is 3.80. The van der Waals surface area contributed by atoms with Crippen molar-refractivity contribution in [3.63, 3.8) is 0 Å². The van der Waals surface area contributed by atoms with Crippen LogP contribution >= 0.6 is 0 Å². The SMILES string of the molecule is CCCC1CN(c2ncccc2[N+](=O)[O-])CCN1Cc1ccccc1. The minimum absolute atomic E-state index is 0.0919. The highest BCUT2D eigenvalue weighted by Gasteiger charge is 2.30. The second-order valence-electron chi connectivity index (χ2n) is 6.45. The van der Waals surface area contributed by atoms with Crippen molar-refractivity contribution in [2.75, 3.05) is 24.5 Å². The van der Waals surface area contributed by atoms with Gasteiger partial charge in [0.1, 0.15) is 0 Å². The molecule has 1 saturated heterocycles. The monoisotopic (exact) mass is 340 g/mol. The van der Waals surface area contributed by atoms with Crippen LogP contribution in [-0.2, 0) is 6.54 Å². The van der Waals surface area contributed by atoms with Gasteiger partial charge in [-0.15, -0.1) is 0 Å². The molecule has 0 aliphatic carbocycles. The van der Waals surface area contributed by atoms with E-state index in [9.17, 15) is 10.1 Å². The molecule has 132 valence electrons. The molecule has 2 aromatic rings. The molecule has 6 heteroatoms. The molecule has 0 amide bonds. The van der Waals surface area contributed by atoms with E-state index in [0.717, 1.165) is 39.0 Å². The van der Waals surface area contributed by atoms with E-state index < -0.39 is 0 Å². The number of rotatable bonds is 6. The normalized spacial score (nSPS) is 18.3. The summed E-state index contributed by atoms with van der Waals surface area (Å²) in [5.41, 5.74) is 1.40. The van der Waals surface area contributed by atoms with Gasteiger partial charge in [-0.05, 0) is 18.1 Å².